The van der Waals surface area contributed by atoms with Crippen LogP contribution >= 0.6 is 0 Å². The highest BCUT2D eigenvalue weighted by atomic mass is 16.2. The van der Waals surface area contributed by atoms with E-state index in [-0.39, 0.29) is 17.4 Å². The summed E-state index contributed by atoms with van der Waals surface area (Å²) in [6, 6.07) is 2.30. The molecule has 0 aliphatic carbocycles. The van der Waals surface area contributed by atoms with Gasteiger partial charge < -0.3 is 10.4 Å². The largest absolute Gasteiger partial charge is 0.396 e. The summed E-state index contributed by atoms with van der Waals surface area (Å²) >= 11 is 0. The number of hydrogen-bond acceptors (Lipinski definition) is 3. The predicted molar refractivity (Wildman–Crippen MR) is 67.0 cm³/mol. The van der Waals surface area contributed by atoms with Crippen LogP contribution in [0.1, 0.15) is 47.0 Å². The Morgan fingerprint density at radius 2 is 1.81 bits per heavy atom. The van der Waals surface area contributed by atoms with Gasteiger partial charge in [0.2, 0.25) is 0 Å². The fraction of sp³-hybridized carbons (Fsp3) is 0.923. The van der Waals surface area contributed by atoms with Crippen molar-refractivity contribution in [3.05, 3.63) is 0 Å². The molecule has 0 saturated carbocycles. The highest BCUT2D eigenvalue weighted by Crippen LogP contribution is 2.21. The lowest BCUT2D eigenvalue weighted by Crippen LogP contribution is -2.31. The van der Waals surface area contributed by atoms with Crippen LogP contribution in [-0.4, -0.2) is 24.8 Å². The molecule has 0 rings (SSSR count). The van der Waals surface area contributed by atoms with E-state index in [1.807, 2.05) is 13.8 Å². The van der Waals surface area contributed by atoms with E-state index < -0.39 is 0 Å². The van der Waals surface area contributed by atoms with E-state index in [2.05, 4.69) is 25.2 Å². The molecule has 0 spiro atoms. The van der Waals surface area contributed by atoms with Crippen LogP contribution in [0.5, 0.6) is 0 Å². The first-order valence-corrected chi connectivity index (χ1v) is 6.06. The molecule has 0 unspecified atom stereocenters. The van der Waals surface area contributed by atoms with Crippen LogP contribution in [0.15, 0.2) is 0 Å². The van der Waals surface area contributed by atoms with Crippen molar-refractivity contribution in [2.24, 2.45) is 10.8 Å². The molecule has 0 bridgehead atoms. The van der Waals surface area contributed by atoms with Crippen LogP contribution < -0.4 is 5.32 Å². The van der Waals surface area contributed by atoms with Crippen molar-refractivity contribution in [2.45, 2.75) is 47.0 Å². The lowest BCUT2D eigenvalue weighted by Gasteiger charge is -2.25. The molecule has 0 atom stereocenters. The van der Waals surface area contributed by atoms with Gasteiger partial charge in [-0.15, -0.1) is 0 Å². The summed E-state index contributed by atoms with van der Waals surface area (Å²) in [7, 11) is 0. The van der Waals surface area contributed by atoms with Crippen molar-refractivity contribution in [3.8, 4) is 6.07 Å². The van der Waals surface area contributed by atoms with Gasteiger partial charge in [0.1, 0.15) is 0 Å². The molecule has 0 aromatic carbocycles. The van der Waals surface area contributed by atoms with Gasteiger partial charge >= 0.3 is 0 Å². The Balaban J connectivity index is 3.70. The van der Waals surface area contributed by atoms with Gasteiger partial charge in [0, 0.05) is 13.2 Å². The van der Waals surface area contributed by atoms with Crippen LogP contribution in [0.4, 0.5) is 0 Å². The van der Waals surface area contributed by atoms with Crippen molar-refractivity contribution in [1.29, 1.82) is 5.26 Å². The van der Waals surface area contributed by atoms with Gasteiger partial charge in [-0.1, -0.05) is 13.8 Å². The molecule has 0 amide bonds. The van der Waals surface area contributed by atoms with E-state index in [1.54, 1.807) is 0 Å². The minimum Gasteiger partial charge on any atom is -0.396 e. The number of hydrogen-bond donors (Lipinski definition) is 2. The molecular formula is C13H26N2O. The first-order chi connectivity index (χ1) is 7.33. The van der Waals surface area contributed by atoms with Gasteiger partial charge in [0.25, 0.3) is 0 Å². The van der Waals surface area contributed by atoms with Gasteiger partial charge in [-0.25, -0.2) is 0 Å². The summed E-state index contributed by atoms with van der Waals surface area (Å²) in [4.78, 5) is 0. The molecule has 16 heavy (non-hydrogen) atoms. The molecule has 0 radical (unpaired) electrons. The second-order valence-corrected chi connectivity index (χ2v) is 5.91. The van der Waals surface area contributed by atoms with Crippen molar-refractivity contribution >= 4 is 0 Å². The molecule has 0 aliphatic heterocycles. The lowest BCUT2D eigenvalue weighted by atomic mass is 9.87. The van der Waals surface area contributed by atoms with Crippen molar-refractivity contribution < 1.29 is 5.11 Å². The third kappa shape index (κ3) is 7.67. The van der Waals surface area contributed by atoms with Gasteiger partial charge in [-0.2, -0.15) is 5.26 Å². The highest BCUT2D eigenvalue weighted by molar-refractivity contribution is 4.91. The summed E-state index contributed by atoms with van der Waals surface area (Å²) in [5, 5.41) is 21.0. The Morgan fingerprint density at radius 3 is 2.31 bits per heavy atom. The molecule has 3 heteroatoms. The molecule has 0 fully saturated rings. The topological polar surface area (TPSA) is 56.0 Å². The van der Waals surface area contributed by atoms with E-state index in [4.69, 9.17) is 10.4 Å². The summed E-state index contributed by atoms with van der Waals surface area (Å²) < 4.78 is 0. The van der Waals surface area contributed by atoms with Crippen LogP contribution in [0.3, 0.4) is 0 Å². The Hall–Kier alpha value is -0.590. The predicted octanol–water partition coefficient (Wildman–Crippen LogP) is 2.31. The first kappa shape index (κ1) is 15.4. The molecule has 94 valence electrons. The number of aliphatic hydroxyl groups excluding tert-OH is 1. The SMILES string of the molecule is CC(C)(C#N)CCNCC(C)(C)CCCO. The van der Waals surface area contributed by atoms with Crippen molar-refractivity contribution in [3.63, 3.8) is 0 Å². The Kier molecular flexibility index (Phi) is 6.62. The molecule has 3 nitrogen and oxygen atoms in total. The molecule has 0 aromatic rings. The maximum Gasteiger partial charge on any atom is 0.0684 e. The fourth-order valence-corrected chi connectivity index (χ4v) is 1.53. The number of aliphatic hydroxyl groups is 1. The van der Waals surface area contributed by atoms with E-state index in [0.717, 1.165) is 32.4 Å². The van der Waals surface area contributed by atoms with E-state index in [0.29, 0.717) is 0 Å². The minimum absolute atomic E-state index is 0.222. The van der Waals surface area contributed by atoms with E-state index in [9.17, 15) is 0 Å². The summed E-state index contributed by atoms with van der Waals surface area (Å²) in [5.41, 5.74) is -0.0121. The summed E-state index contributed by atoms with van der Waals surface area (Å²) in [6.07, 6.45) is 2.76. The molecule has 0 heterocycles. The summed E-state index contributed by atoms with van der Waals surface area (Å²) in [5.74, 6) is 0. The van der Waals surface area contributed by atoms with Crippen LogP contribution in [0, 0.1) is 22.2 Å². The third-order valence-electron chi connectivity index (χ3n) is 2.84. The van der Waals surface area contributed by atoms with E-state index >= 15 is 0 Å². The van der Waals surface area contributed by atoms with Crippen molar-refractivity contribution in [1.82, 2.24) is 5.32 Å². The van der Waals surface area contributed by atoms with E-state index in [1.165, 1.54) is 0 Å². The number of nitriles is 1. The fourth-order valence-electron chi connectivity index (χ4n) is 1.53. The molecular weight excluding hydrogens is 200 g/mol. The zero-order valence-electron chi connectivity index (χ0n) is 11.1. The number of nitrogens with zero attached hydrogens (tertiary/aromatic N) is 1. The van der Waals surface area contributed by atoms with Gasteiger partial charge in [-0.05, 0) is 45.1 Å². The number of rotatable bonds is 8. The second-order valence-electron chi connectivity index (χ2n) is 5.91. The lowest BCUT2D eigenvalue weighted by molar-refractivity contribution is 0.235. The maximum absolute atomic E-state index is 8.86. The Labute approximate surface area is 99.9 Å². The zero-order chi connectivity index (χ0) is 12.7. The molecule has 0 aliphatic rings. The quantitative estimate of drug-likeness (QED) is 0.624. The summed E-state index contributed by atoms with van der Waals surface area (Å²) in [6.45, 7) is 10.4. The zero-order valence-corrected chi connectivity index (χ0v) is 11.1. The maximum atomic E-state index is 8.86. The second kappa shape index (κ2) is 6.88. The Bertz CT molecular complexity index is 229. The molecule has 2 N–H and O–H groups in total. The van der Waals surface area contributed by atoms with Gasteiger partial charge in [0.05, 0.1) is 11.5 Å². The Morgan fingerprint density at radius 1 is 1.19 bits per heavy atom. The normalized spacial score (nSPS) is 12.5. The van der Waals surface area contributed by atoms with Crippen LogP contribution in [-0.2, 0) is 0 Å². The number of nitrogens with one attached hydrogen (secondary N) is 1. The van der Waals surface area contributed by atoms with Gasteiger partial charge in [0.15, 0.2) is 0 Å². The highest BCUT2D eigenvalue weighted by Gasteiger charge is 2.19. The van der Waals surface area contributed by atoms with Crippen molar-refractivity contribution in [2.75, 3.05) is 19.7 Å². The smallest absolute Gasteiger partial charge is 0.0684 e. The first-order valence-electron chi connectivity index (χ1n) is 6.06. The van der Waals surface area contributed by atoms with Crippen LogP contribution in [0.2, 0.25) is 0 Å². The van der Waals surface area contributed by atoms with Crippen LogP contribution in [0.25, 0.3) is 0 Å². The average Bonchev–Trinajstić information content (AvgIpc) is 2.22. The van der Waals surface area contributed by atoms with Gasteiger partial charge in [-0.3, -0.25) is 0 Å². The molecule has 0 saturated heterocycles. The monoisotopic (exact) mass is 226 g/mol. The average molecular weight is 226 g/mol. The standard InChI is InChI=1S/C13H26N2O/c1-12(2,10-14)7-8-15-11-13(3,4)6-5-9-16/h15-16H,5-9,11H2,1-4H3. The third-order valence-corrected chi connectivity index (χ3v) is 2.84. The molecule has 0 aromatic heterocycles. The minimum atomic E-state index is -0.234.